The Hall–Kier alpha value is -0.570. The molecular formula is C24H51NO2. The van der Waals surface area contributed by atoms with Gasteiger partial charge in [-0.3, -0.25) is 0 Å². The quantitative estimate of drug-likeness (QED) is 0.320. The minimum absolute atomic E-state index is 0.181. The number of rotatable bonds is 19. The molecule has 0 bridgehead atoms. The van der Waals surface area contributed by atoms with Gasteiger partial charge in [-0.1, -0.05) is 110 Å². The van der Waals surface area contributed by atoms with Crippen LogP contribution in [0.5, 0.6) is 0 Å². The first-order valence-corrected chi connectivity index (χ1v) is 12.0. The third-order valence-electron chi connectivity index (χ3n) is 4.98. The lowest BCUT2D eigenvalue weighted by Crippen LogP contribution is -3.05. The van der Waals surface area contributed by atoms with Crippen LogP contribution in [0.25, 0.3) is 0 Å². The summed E-state index contributed by atoms with van der Waals surface area (Å²) in [5.41, 5.74) is 0. The predicted molar refractivity (Wildman–Crippen MR) is 117 cm³/mol. The van der Waals surface area contributed by atoms with Crippen molar-refractivity contribution in [3.8, 4) is 0 Å². The van der Waals surface area contributed by atoms with Crippen LogP contribution in [0.3, 0.4) is 0 Å². The van der Waals surface area contributed by atoms with Gasteiger partial charge in [0.1, 0.15) is 0 Å². The summed E-state index contributed by atoms with van der Waals surface area (Å²) in [6, 6.07) is 0. The fraction of sp³-hybridized carbons (Fsp3) is 0.958. The smallest absolute Gasteiger partial charge is 0.0766 e. The van der Waals surface area contributed by atoms with Crippen LogP contribution in [0.4, 0.5) is 0 Å². The Balaban J connectivity index is 0. The highest BCUT2D eigenvalue weighted by molar-refractivity contribution is 5.63. The van der Waals surface area contributed by atoms with Gasteiger partial charge in [0.25, 0.3) is 0 Å². The first-order valence-electron chi connectivity index (χ1n) is 12.0. The number of hydrogen-bond acceptors (Lipinski definition) is 2. The van der Waals surface area contributed by atoms with Crippen molar-refractivity contribution in [3.63, 3.8) is 0 Å². The van der Waals surface area contributed by atoms with Gasteiger partial charge in [-0.25, -0.2) is 0 Å². The number of nitrogens with one attached hydrogen (secondary N) is 1. The summed E-state index contributed by atoms with van der Waals surface area (Å²) in [5.74, 6) is -0.961. The molecule has 3 nitrogen and oxygen atoms in total. The number of carboxylic acids is 1. The molecule has 0 saturated carbocycles. The molecule has 27 heavy (non-hydrogen) atoms. The average Bonchev–Trinajstić information content (AvgIpc) is 2.61. The highest BCUT2D eigenvalue weighted by Crippen LogP contribution is 2.13. The summed E-state index contributed by atoms with van der Waals surface area (Å²) in [5, 5.41) is 9.49. The molecule has 0 aromatic rings. The van der Waals surface area contributed by atoms with E-state index in [2.05, 4.69) is 21.0 Å². The lowest BCUT2D eigenvalue weighted by Gasteiger charge is -2.06. The molecule has 3 heteroatoms. The van der Waals surface area contributed by atoms with Gasteiger partial charge >= 0.3 is 0 Å². The molecule has 0 spiro atoms. The molecule has 0 rings (SSSR count). The van der Waals surface area contributed by atoms with Gasteiger partial charge < -0.3 is 14.8 Å². The number of quaternary nitrogens is 1. The minimum Gasteiger partial charge on any atom is -0.550 e. The van der Waals surface area contributed by atoms with Gasteiger partial charge in [0, 0.05) is 5.97 Å². The molecule has 0 heterocycles. The lowest BCUT2D eigenvalue weighted by molar-refractivity contribution is -0.858. The number of carbonyl (C=O) groups is 1. The molecule has 1 N–H and O–H groups in total. The first kappa shape index (κ1) is 28.6. The van der Waals surface area contributed by atoms with Crippen molar-refractivity contribution in [2.75, 3.05) is 20.6 Å². The average molecular weight is 386 g/mol. The Labute approximate surface area is 171 Å². The lowest BCUT2D eigenvalue weighted by atomic mass is 10.0. The van der Waals surface area contributed by atoms with Gasteiger partial charge in [0.15, 0.2) is 0 Å². The van der Waals surface area contributed by atoms with Crippen LogP contribution >= 0.6 is 0 Å². The van der Waals surface area contributed by atoms with Crippen molar-refractivity contribution in [2.24, 2.45) is 0 Å². The topological polar surface area (TPSA) is 44.6 Å². The second kappa shape index (κ2) is 25.4. The highest BCUT2D eigenvalue weighted by Gasteiger charge is 1.96. The van der Waals surface area contributed by atoms with Crippen molar-refractivity contribution in [3.05, 3.63) is 0 Å². The van der Waals surface area contributed by atoms with E-state index in [-0.39, 0.29) is 6.42 Å². The molecule has 0 radical (unpaired) electrons. The third kappa shape index (κ3) is 33.4. The van der Waals surface area contributed by atoms with E-state index in [1.54, 1.807) is 11.8 Å². The highest BCUT2D eigenvalue weighted by atomic mass is 16.4. The van der Waals surface area contributed by atoms with Crippen LogP contribution < -0.4 is 10.0 Å². The fourth-order valence-electron chi connectivity index (χ4n) is 3.23. The van der Waals surface area contributed by atoms with Gasteiger partial charge in [-0.05, 0) is 19.3 Å². The van der Waals surface area contributed by atoms with Crippen LogP contribution in [0, 0.1) is 0 Å². The van der Waals surface area contributed by atoms with Gasteiger partial charge in [-0.15, -0.1) is 0 Å². The Morgan fingerprint density at radius 2 is 0.926 bits per heavy atom. The number of aliphatic carboxylic acids is 1. The SMILES string of the molecule is CCCC(=O)[O-].CCCCCCCCCCCCCCCCCC[NH+](C)C. The van der Waals surface area contributed by atoms with E-state index in [0.29, 0.717) is 6.42 Å². The molecule has 0 aliphatic rings. The Morgan fingerprint density at radius 1 is 0.593 bits per heavy atom. The Bertz CT molecular complexity index is 280. The molecule has 0 saturated heterocycles. The number of unbranched alkanes of at least 4 members (excludes halogenated alkanes) is 15. The Kier molecular flexibility index (Phi) is 27.0. The Morgan fingerprint density at radius 3 is 1.15 bits per heavy atom. The summed E-state index contributed by atoms with van der Waals surface area (Å²) in [7, 11) is 4.51. The zero-order valence-electron chi connectivity index (χ0n) is 19.3. The van der Waals surface area contributed by atoms with Gasteiger partial charge in [0.05, 0.1) is 20.6 Å². The standard InChI is InChI=1S/C20H43N.C4H8O2/c1-4-5-6-7-8-9-10-11-12-13-14-15-16-17-18-19-20-21(2)3;1-2-3-4(5)6/h4-20H2,1-3H3;2-3H2,1H3,(H,5,6). The maximum absolute atomic E-state index is 9.49. The minimum atomic E-state index is -0.961. The fourth-order valence-corrected chi connectivity index (χ4v) is 3.23. The number of hydrogen-bond donors (Lipinski definition) is 1. The van der Waals surface area contributed by atoms with Crippen molar-refractivity contribution >= 4 is 5.97 Å². The monoisotopic (exact) mass is 385 g/mol. The largest absolute Gasteiger partial charge is 0.550 e. The number of carbonyl (C=O) groups excluding carboxylic acids is 1. The summed E-state index contributed by atoms with van der Waals surface area (Å²) in [6.07, 6.45) is 24.3. The predicted octanol–water partition coefficient (Wildman–Crippen LogP) is 4.93. The molecule has 164 valence electrons. The van der Waals surface area contributed by atoms with Crippen molar-refractivity contribution in [1.82, 2.24) is 0 Å². The summed E-state index contributed by atoms with van der Waals surface area (Å²) < 4.78 is 0. The van der Waals surface area contributed by atoms with E-state index in [0.717, 1.165) is 0 Å². The first-order chi connectivity index (χ1) is 13.0. The van der Waals surface area contributed by atoms with Crippen molar-refractivity contribution in [1.29, 1.82) is 0 Å². The van der Waals surface area contributed by atoms with E-state index in [1.165, 1.54) is 109 Å². The zero-order valence-corrected chi connectivity index (χ0v) is 19.3. The maximum atomic E-state index is 9.49. The molecule has 0 aliphatic heterocycles. The van der Waals surface area contributed by atoms with E-state index in [9.17, 15) is 9.90 Å². The van der Waals surface area contributed by atoms with E-state index in [1.807, 2.05) is 0 Å². The molecule has 0 atom stereocenters. The number of carboxylic acid groups (broad SMARTS) is 1. The van der Waals surface area contributed by atoms with Crippen molar-refractivity contribution in [2.45, 2.75) is 129 Å². The van der Waals surface area contributed by atoms with E-state index < -0.39 is 5.97 Å². The van der Waals surface area contributed by atoms with Gasteiger partial charge in [-0.2, -0.15) is 0 Å². The van der Waals surface area contributed by atoms with Crippen LogP contribution in [-0.4, -0.2) is 26.6 Å². The van der Waals surface area contributed by atoms with E-state index in [4.69, 9.17) is 0 Å². The summed E-state index contributed by atoms with van der Waals surface area (Å²) in [6.45, 7) is 5.44. The molecular weight excluding hydrogens is 334 g/mol. The normalized spacial score (nSPS) is 10.7. The molecule has 0 unspecified atom stereocenters. The maximum Gasteiger partial charge on any atom is 0.0766 e. The second-order valence-electron chi connectivity index (χ2n) is 8.38. The molecule has 0 aliphatic carbocycles. The molecule has 0 fully saturated rings. The second-order valence-corrected chi connectivity index (χ2v) is 8.38. The molecule has 0 aromatic heterocycles. The summed E-state index contributed by atoms with van der Waals surface area (Å²) >= 11 is 0. The van der Waals surface area contributed by atoms with Crippen LogP contribution in [0.15, 0.2) is 0 Å². The van der Waals surface area contributed by atoms with Crippen molar-refractivity contribution < 1.29 is 14.8 Å². The van der Waals surface area contributed by atoms with Crippen LogP contribution in [0.1, 0.15) is 129 Å². The summed E-state index contributed by atoms with van der Waals surface area (Å²) in [4.78, 5) is 11.1. The molecule has 0 amide bonds. The molecule has 0 aromatic carbocycles. The van der Waals surface area contributed by atoms with Gasteiger partial charge in [0.2, 0.25) is 0 Å². The zero-order chi connectivity index (χ0) is 20.6. The van der Waals surface area contributed by atoms with Crippen LogP contribution in [-0.2, 0) is 4.79 Å². The third-order valence-corrected chi connectivity index (χ3v) is 4.98. The van der Waals surface area contributed by atoms with Crippen LogP contribution in [0.2, 0.25) is 0 Å². The van der Waals surface area contributed by atoms with E-state index >= 15 is 0 Å².